The van der Waals surface area contributed by atoms with E-state index in [0.717, 1.165) is 24.0 Å². The Bertz CT molecular complexity index is 815. The summed E-state index contributed by atoms with van der Waals surface area (Å²) < 4.78 is 44.5. The summed E-state index contributed by atoms with van der Waals surface area (Å²) in [5.41, 5.74) is 2.35. The van der Waals surface area contributed by atoms with Crippen LogP contribution in [-0.2, 0) is 22.0 Å². The number of ether oxygens (including phenoxy) is 1. The van der Waals surface area contributed by atoms with Gasteiger partial charge in [-0.1, -0.05) is 24.3 Å². The minimum Gasteiger partial charge on any atom is -0.496 e. The smallest absolute Gasteiger partial charge is 0.161 e. The van der Waals surface area contributed by atoms with Crippen molar-refractivity contribution >= 4 is 9.84 Å². The van der Waals surface area contributed by atoms with Crippen LogP contribution < -0.4 is 4.74 Å². The SMILES string of the molecule is COc1ccc(F)cc1CS(=O)(=O)C1CCCc2ccccc21. The monoisotopic (exact) mass is 334 g/mol. The molecule has 0 fully saturated rings. The van der Waals surface area contributed by atoms with Crippen molar-refractivity contribution in [2.45, 2.75) is 30.3 Å². The van der Waals surface area contributed by atoms with Crippen molar-refractivity contribution in [3.63, 3.8) is 0 Å². The number of halogens is 1. The second kappa shape index (κ2) is 6.32. The zero-order valence-corrected chi connectivity index (χ0v) is 13.8. The Balaban J connectivity index is 1.96. The van der Waals surface area contributed by atoms with Crippen LogP contribution in [0.5, 0.6) is 5.75 Å². The van der Waals surface area contributed by atoms with Crippen LogP contribution >= 0.6 is 0 Å². The Morgan fingerprint density at radius 3 is 2.78 bits per heavy atom. The number of rotatable bonds is 4. The molecule has 23 heavy (non-hydrogen) atoms. The standard InChI is InChI=1S/C18H19FO3S/c1-22-17-10-9-15(19)11-14(17)12-23(20,21)18-8-4-6-13-5-2-3-7-16(13)18/h2-3,5,7,9-11,18H,4,6,8,12H2,1H3. The molecule has 2 aromatic rings. The molecule has 0 saturated heterocycles. The first kappa shape index (κ1) is 16.0. The van der Waals surface area contributed by atoms with Crippen LogP contribution in [0, 0.1) is 5.82 Å². The van der Waals surface area contributed by atoms with Gasteiger partial charge < -0.3 is 4.74 Å². The predicted octanol–water partition coefficient (Wildman–Crippen LogP) is 3.83. The molecule has 0 N–H and O–H groups in total. The summed E-state index contributed by atoms with van der Waals surface area (Å²) in [4.78, 5) is 0. The average molecular weight is 334 g/mol. The summed E-state index contributed by atoms with van der Waals surface area (Å²) in [6.07, 6.45) is 2.36. The molecule has 1 aliphatic rings. The Kier molecular flexibility index (Phi) is 4.39. The van der Waals surface area contributed by atoms with Gasteiger partial charge in [0.15, 0.2) is 9.84 Å². The third kappa shape index (κ3) is 3.24. The average Bonchev–Trinajstić information content (AvgIpc) is 2.54. The van der Waals surface area contributed by atoms with Gasteiger partial charge in [-0.15, -0.1) is 0 Å². The fourth-order valence-electron chi connectivity index (χ4n) is 3.26. The molecular formula is C18H19FO3S. The number of fused-ring (bicyclic) bond motifs is 1. The predicted molar refractivity (Wildman–Crippen MR) is 87.7 cm³/mol. The summed E-state index contributed by atoms with van der Waals surface area (Å²) in [5.74, 6) is -0.272. The Hall–Kier alpha value is -1.88. The van der Waals surface area contributed by atoms with Crippen molar-refractivity contribution < 1.29 is 17.5 Å². The minimum atomic E-state index is -3.45. The summed E-state index contributed by atoms with van der Waals surface area (Å²) in [6, 6.07) is 11.7. The molecule has 0 aliphatic heterocycles. The number of hydrogen-bond acceptors (Lipinski definition) is 3. The number of sulfone groups is 1. The van der Waals surface area contributed by atoms with E-state index in [2.05, 4.69) is 0 Å². The van der Waals surface area contributed by atoms with E-state index in [1.807, 2.05) is 24.3 Å². The van der Waals surface area contributed by atoms with Crippen LogP contribution in [0.1, 0.15) is 34.8 Å². The third-order valence-electron chi connectivity index (χ3n) is 4.35. The quantitative estimate of drug-likeness (QED) is 0.853. The maximum Gasteiger partial charge on any atom is 0.161 e. The largest absolute Gasteiger partial charge is 0.496 e. The summed E-state index contributed by atoms with van der Waals surface area (Å²) in [7, 11) is -1.99. The third-order valence-corrected chi connectivity index (χ3v) is 6.42. The van der Waals surface area contributed by atoms with E-state index >= 15 is 0 Å². The first-order valence-corrected chi connectivity index (χ1v) is 9.34. The highest BCUT2D eigenvalue weighted by atomic mass is 32.2. The van der Waals surface area contributed by atoms with Crippen molar-refractivity contribution in [1.82, 2.24) is 0 Å². The lowest BCUT2D eigenvalue weighted by Gasteiger charge is -2.25. The van der Waals surface area contributed by atoms with Crippen LogP contribution in [0.4, 0.5) is 4.39 Å². The second-order valence-corrected chi connectivity index (χ2v) is 8.03. The first-order chi connectivity index (χ1) is 11.0. The van der Waals surface area contributed by atoms with Gasteiger partial charge in [0.2, 0.25) is 0 Å². The van der Waals surface area contributed by atoms with Gasteiger partial charge in [-0.05, 0) is 48.6 Å². The van der Waals surface area contributed by atoms with Crippen LogP contribution in [0.15, 0.2) is 42.5 Å². The van der Waals surface area contributed by atoms with Crippen LogP contribution in [-0.4, -0.2) is 15.5 Å². The summed E-state index contributed by atoms with van der Waals surface area (Å²) in [5, 5.41) is -0.527. The van der Waals surface area contributed by atoms with Crippen LogP contribution in [0.2, 0.25) is 0 Å². The fourth-order valence-corrected chi connectivity index (χ4v) is 5.26. The van der Waals surface area contributed by atoms with E-state index in [0.29, 0.717) is 17.7 Å². The van der Waals surface area contributed by atoms with Gasteiger partial charge in [0.05, 0.1) is 18.1 Å². The molecule has 0 bridgehead atoms. The van der Waals surface area contributed by atoms with Crippen LogP contribution in [0.3, 0.4) is 0 Å². The van der Waals surface area contributed by atoms with Crippen LogP contribution in [0.25, 0.3) is 0 Å². The zero-order chi connectivity index (χ0) is 16.4. The number of methoxy groups -OCH3 is 1. The highest BCUT2D eigenvalue weighted by molar-refractivity contribution is 7.90. The number of benzene rings is 2. The molecule has 0 saturated carbocycles. The molecule has 1 atom stereocenters. The number of aryl methyl sites for hydroxylation is 1. The maximum atomic E-state index is 13.5. The molecule has 2 aromatic carbocycles. The summed E-state index contributed by atoms with van der Waals surface area (Å²) in [6.45, 7) is 0. The molecule has 0 amide bonds. The van der Waals surface area contributed by atoms with Crippen molar-refractivity contribution in [3.05, 3.63) is 65.0 Å². The maximum absolute atomic E-state index is 13.5. The van der Waals surface area contributed by atoms with Gasteiger partial charge >= 0.3 is 0 Å². The molecule has 1 aliphatic carbocycles. The molecule has 0 aromatic heterocycles. The highest BCUT2D eigenvalue weighted by Gasteiger charge is 2.32. The van der Waals surface area contributed by atoms with E-state index in [-0.39, 0.29) is 5.75 Å². The van der Waals surface area contributed by atoms with Crippen molar-refractivity contribution in [2.75, 3.05) is 7.11 Å². The van der Waals surface area contributed by atoms with E-state index in [9.17, 15) is 12.8 Å². The van der Waals surface area contributed by atoms with Crippen molar-refractivity contribution in [1.29, 1.82) is 0 Å². The zero-order valence-electron chi connectivity index (χ0n) is 13.0. The number of hydrogen-bond donors (Lipinski definition) is 0. The van der Waals surface area contributed by atoms with Crippen molar-refractivity contribution in [3.8, 4) is 5.75 Å². The molecule has 122 valence electrons. The van der Waals surface area contributed by atoms with E-state index < -0.39 is 20.9 Å². The Morgan fingerprint density at radius 1 is 1.22 bits per heavy atom. The van der Waals surface area contributed by atoms with E-state index in [1.165, 1.54) is 25.3 Å². The fraction of sp³-hybridized carbons (Fsp3) is 0.333. The lowest BCUT2D eigenvalue weighted by Crippen LogP contribution is -2.20. The lowest BCUT2D eigenvalue weighted by atomic mass is 9.91. The normalized spacial score (nSPS) is 17.6. The second-order valence-electron chi connectivity index (χ2n) is 5.84. The molecular weight excluding hydrogens is 315 g/mol. The van der Waals surface area contributed by atoms with E-state index in [4.69, 9.17) is 4.74 Å². The molecule has 0 spiro atoms. The minimum absolute atomic E-state index is 0.215. The van der Waals surface area contributed by atoms with Gasteiger partial charge in [0, 0.05) is 5.56 Å². The summed E-state index contributed by atoms with van der Waals surface area (Å²) >= 11 is 0. The Morgan fingerprint density at radius 2 is 2.00 bits per heavy atom. The first-order valence-electron chi connectivity index (χ1n) is 7.63. The van der Waals surface area contributed by atoms with Gasteiger partial charge in [-0.25, -0.2) is 12.8 Å². The van der Waals surface area contributed by atoms with Gasteiger partial charge in [0.25, 0.3) is 0 Å². The molecule has 0 radical (unpaired) electrons. The lowest BCUT2D eigenvalue weighted by molar-refractivity contribution is 0.409. The van der Waals surface area contributed by atoms with Gasteiger partial charge in [0.1, 0.15) is 11.6 Å². The molecule has 3 nitrogen and oxygen atoms in total. The van der Waals surface area contributed by atoms with Gasteiger partial charge in [-0.2, -0.15) is 0 Å². The van der Waals surface area contributed by atoms with Gasteiger partial charge in [-0.3, -0.25) is 0 Å². The van der Waals surface area contributed by atoms with E-state index in [1.54, 1.807) is 0 Å². The Labute approximate surface area is 136 Å². The van der Waals surface area contributed by atoms with Crippen molar-refractivity contribution in [2.24, 2.45) is 0 Å². The molecule has 0 heterocycles. The molecule has 5 heteroatoms. The molecule has 3 rings (SSSR count). The topological polar surface area (TPSA) is 43.4 Å². The highest BCUT2D eigenvalue weighted by Crippen LogP contribution is 2.38. The molecule has 1 unspecified atom stereocenters.